The van der Waals surface area contributed by atoms with E-state index in [9.17, 15) is 14.7 Å². The lowest BCUT2D eigenvalue weighted by Gasteiger charge is -2.21. The summed E-state index contributed by atoms with van der Waals surface area (Å²) in [5.74, 6) is -0.0474. The van der Waals surface area contributed by atoms with E-state index in [1.807, 2.05) is 30.3 Å². The van der Waals surface area contributed by atoms with E-state index < -0.39 is 12.2 Å². The number of hydrogen-bond donors (Lipinski definition) is 2. The molecule has 0 spiro atoms. The van der Waals surface area contributed by atoms with Gasteiger partial charge in [0.2, 0.25) is 0 Å². The zero-order valence-electron chi connectivity index (χ0n) is 17.5. The average Bonchev–Trinajstić information content (AvgIpc) is 2.65. The predicted molar refractivity (Wildman–Crippen MR) is 112 cm³/mol. The lowest BCUT2D eigenvalue weighted by Crippen LogP contribution is -2.38. The molecule has 2 atom stereocenters. The first kappa shape index (κ1) is 24.2. The van der Waals surface area contributed by atoms with Gasteiger partial charge in [0, 0.05) is 12.5 Å². The molecule has 1 aromatic rings. The maximum Gasteiger partial charge on any atom is 0.407 e. The van der Waals surface area contributed by atoms with E-state index in [-0.39, 0.29) is 24.9 Å². The summed E-state index contributed by atoms with van der Waals surface area (Å²) in [7, 11) is 0. The van der Waals surface area contributed by atoms with Crippen LogP contribution in [0.25, 0.3) is 0 Å². The molecule has 0 aromatic heterocycles. The Labute approximate surface area is 169 Å². The third-order valence-corrected chi connectivity index (χ3v) is 4.77. The fraction of sp³-hybridized carbons (Fsp3) is 0.652. The molecule has 5 nitrogen and oxygen atoms in total. The molecule has 2 N–H and O–H groups in total. The van der Waals surface area contributed by atoms with Gasteiger partial charge in [-0.2, -0.15) is 0 Å². The van der Waals surface area contributed by atoms with Crippen LogP contribution >= 0.6 is 0 Å². The highest BCUT2D eigenvalue weighted by molar-refractivity contribution is 5.75. The highest BCUT2D eigenvalue weighted by Gasteiger charge is 2.18. The normalized spacial score (nSPS) is 13.0. The van der Waals surface area contributed by atoms with Crippen molar-refractivity contribution in [1.82, 2.24) is 5.32 Å². The van der Waals surface area contributed by atoms with Crippen LogP contribution in [0.5, 0.6) is 0 Å². The van der Waals surface area contributed by atoms with Crippen molar-refractivity contribution >= 4 is 11.9 Å². The number of amides is 1. The average molecular weight is 392 g/mol. The minimum atomic E-state index is -0.735. The van der Waals surface area contributed by atoms with Gasteiger partial charge in [-0.25, -0.2) is 4.79 Å². The van der Waals surface area contributed by atoms with E-state index >= 15 is 0 Å². The van der Waals surface area contributed by atoms with Crippen LogP contribution in [0.15, 0.2) is 30.3 Å². The van der Waals surface area contributed by atoms with Gasteiger partial charge < -0.3 is 15.2 Å². The van der Waals surface area contributed by atoms with Crippen molar-refractivity contribution in [2.45, 2.75) is 96.8 Å². The zero-order chi connectivity index (χ0) is 20.6. The predicted octanol–water partition coefficient (Wildman–Crippen LogP) is 5.15. The molecule has 1 aromatic carbocycles. The van der Waals surface area contributed by atoms with Crippen LogP contribution in [0, 0.1) is 0 Å². The van der Waals surface area contributed by atoms with Gasteiger partial charge in [-0.15, -0.1) is 0 Å². The summed E-state index contributed by atoms with van der Waals surface area (Å²) in [5.41, 5.74) is 0.929. The van der Waals surface area contributed by atoms with Gasteiger partial charge in [-0.1, -0.05) is 82.2 Å². The Hall–Kier alpha value is -1.88. The lowest BCUT2D eigenvalue weighted by atomic mass is 9.99. The van der Waals surface area contributed by atoms with Crippen molar-refractivity contribution < 1.29 is 19.4 Å². The molecule has 0 aliphatic rings. The smallest absolute Gasteiger partial charge is 0.407 e. The molecule has 158 valence electrons. The number of benzene rings is 1. The quantitative estimate of drug-likeness (QED) is 0.405. The number of rotatable bonds is 15. The summed E-state index contributed by atoms with van der Waals surface area (Å²) in [4.78, 5) is 23.4. The molecular formula is C23H37NO4. The van der Waals surface area contributed by atoms with E-state index in [1.54, 1.807) is 0 Å². The molecule has 0 fully saturated rings. The minimum absolute atomic E-state index is 0.0474. The van der Waals surface area contributed by atoms with Crippen LogP contribution in [0.2, 0.25) is 0 Å². The van der Waals surface area contributed by atoms with Crippen molar-refractivity contribution in [2.24, 2.45) is 0 Å². The molecular weight excluding hydrogens is 354 g/mol. The molecule has 28 heavy (non-hydrogen) atoms. The van der Waals surface area contributed by atoms with E-state index in [4.69, 9.17) is 4.74 Å². The molecule has 0 aliphatic carbocycles. The summed E-state index contributed by atoms with van der Waals surface area (Å²) in [6, 6.07) is 9.34. The molecule has 5 heteroatoms. The first-order chi connectivity index (χ1) is 13.5. The van der Waals surface area contributed by atoms with Gasteiger partial charge in [0.1, 0.15) is 12.4 Å². The monoisotopic (exact) mass is 391 g/mol. The topological polar surface area (TPSA) is 75.6 Å². The number of aliphatic hydroxyl groups excluding tert-OH is 1. The molecule has 0 bridgehead atoms. The van der Waals surface area contributed by atoms with Crippen molar-refractivity contribution in [1.29, 1.82) is 0 Å². The standard InChI is InChI=1S/C23H37NO4/c1-3-4-5-6-7-8-12-15-21(17-22(26)16-19(2)25)24-23(27)28-18-20-13-10-9-11-14-20/h9-11,13-14,21-22,26H,3-8,12,15-18H2,1-2H3,(H,24,27)/t21-,22-/m0/s1. The Kier molecular flexibility index (Phi) is 13.0. The van der Waals surface area contributed by atoms with Crippen LogP contribution < -0.4 is 5.32 Å². The first-order valence-electron chi connectivity index (χ1n) is 10.7. The molecule has 0 radical (unpaired) electrons. The van der Waals surface area contributed by atoms with Gasteiger partial charge in [-0.05, 0) is 25.3 Å². The van der Waals surface area contributed by atoms with Crippen molar-refractivity contribution in [2.75, 3.05) is 0 Å². The number of alkyl carbamates (subject to hydrolysis) is 1. The number of Topliss-reactive ketones (excluding diaryl/α,β-unsaturated/α-hetero) is 1. The number of carbonyl (C=O) groups excluding carboxylic acids is 2. The van der Waals surface area contributed by atoms with Crippen molar-refractivity contribution in [3.05, 3.63) is 35.9 Å². The second kappa shape index (κ2) is 15.1. The zero-order valence-corrected chi connectivity index (χ0v) is 17.5. The van der Waals surface area contributed by atoms with Crippen LogP contribution in [0.4, 0.5) is 4.79 Å². The Morgan fingerprint density at radius 3 is 2.32 bits per heavy atom. The minimum Gasteiger partial charge on any atom is -0.445 e. The molecule has 0 saturated heterocycles. The molecule has 0 heterocycles. The van der Waals surface area contributed by atoms with Crippen LogP contribution in [0.1, 0.15) is 83.6 Å². The van der Waals surface area contributed by atoms with Gasteiger partial charge >= 0.3 is 6.09 Å². The van der Waals surface area contributed by atoms with E-state index in [0.717, 1.165) is 24.8 Å². The van der Waals surface area contributed by atoms with E-state index in [0.29, 0.717) is 6.42 Å². The number of hydrogen-bond acceptors (Lipinski definition) is 4. The summed E-state index contributed by atoms with van der Waals surface area (Å²) in [6.45, 7) is 3.89. The Bertz CT molecular complexity index is 547. The molecule has 0 aliphatic heterocycles. The number of unbranched alkanes of at least 4 members (excludes halogenated alkanes) is 6. The third-order valence-electron chi connectivity index (χ3n) is 4.77. The van der Waals surface area contributed by atoms with E-state index in [2.05, 4.69) is 12.2 Å². The second-order valence-electron chi connectivity index (χ2n) is 7.61. The van der Waals surface area contributed by atoms with Crippen LogP contribution in [0.3, 0.4) is 0 Å². The van der Waals surface area contributed by atoms with Crippen LogP contribution in [-0.2, 0) is 16.1 Å². The third kappa shape index (κ3) is 12.5. The van der Waals surface area contributed by atoms with Gasteiger partial charge in [-0.3, -0.25) is 4.79 Å². The number of aliphatic hydroxyl groups is 1. The van der Waals surface area contributed by atoms with Crippen molar-refractivity contribution in [3.8, 4) is 0 Å². The largest absolute Gasteiger partial charge is 0.445 e. The van der Waals surface area contributed by atoms with E-state index in [1.165, 1.54) is 39.0 Å². The number of nitrogens with one attached hydrogen (secondary N) is 1. The van der Waals surface area contributed by atoms with Gasteiger partial charge in [0.25, 0.3) is 0 Å². The Morgan fingerprint density at radius 1 is 1.04 bits per heavy atom. The number of ether oxygens (including phenoxy) is 1. The lowest BCUT2D eigenvalue weighted by molar-refractivity contribution is -0.118. The fourth-order valence-electron chi connectivity index (χ4n) is 3.27. The summed E-state index contributed by atoms with van der Waals surface area (Å²) in [5, 5.41) is 13.0. The SMILES string of the molecule is CCCCCCCCC[C@@H](C[C@@H](O)CC(C)=O)NC(=O)OCc1ccccc1. The summed E-state index contributed by atoms with van der Waals surface area (Å²) < 4.78 is 5.29. The number of ketones is 1. The summed E-state index contributed by atoms with van der Waals surface area (Å²) >= 11 is 0. The molecule has 0 unspecified atom stereocenters. The maximum absolute atomic E-state index is 12.2. The molecule has 0 saturated carbocycles. The summed E-state index contributed by atoms with van der Waals surface area (Å²) in [6.07, 6.45) is 8.41. The maximum atomic E-state index is 12.2. The highest BCUT2D eigenvalue weighted by Crippen LogP contribution is 2.14. The van der Waals surface area contributed by atoms with Crippen LogP contribution in [-0.4, -0.2) is 29.1 Å². The first-order valence-corrected chi connectivity index (χ1v) is 10.7. The fourth-order valence-corrected chi connectivity index (χ4v) is 3.27. The van der Waals surface area contributed by atoms with Gasteiger partial charge in [0.15, 0.2) is 0 Å². The second-order valence-corrected chi connectivity index (χ2v) is 7.61. The molecule has 1 rings (SSSR count). The Morgan fingerprint density at radius 2 is 1.68 bits per heavy atom. The number of carbonyl (C=O) groups is 2. The van der Waals surface area contributed by atoms with Gasteiger partial charge in [0.05, 0.1) is 6.10 Å². The highest BCUT2D eigenvalue weighted by atomic mass is 16.5. The molecule has 1 amide bonds. The van der Waals surface area contributed by atoms with Crippen molar-refractivity contribution in [3.63, 3.8) is 0 Å². The Balaban J connectivity index is 2.40.